The van der Waals surface area contributed by atoms with E-state index in [0.29, 0.717) is 16.6 Å². The van der Waals surface area contributed by atoms with Gasteiger partial charge in [0.05, 0.1) is 17.5 Å². The summed E-state index contributed by atoms with van der Waals surface area (Å²) >= 11 is 1.59. The van der Waals surface area contributed by atoms with Gasteiger partial charge in [-0.3, -0.25) is 10.1 Å². The summed E-state index contributed by atoms with van der Waals surface area (Å²) in [5.74, 6) is 0.520. The molecule has 0 radical (unpaired) electrons. The zero-order valence-corrected chi connectivity index (χ0v) is 15.4. The molecule has 7 heteroatoms. The summed E-state index contributed by atoms with van der Waals surface area (Å²) in [4.78, 5) is 22.9. The molecule has 3 heterocycles. The van der Waals surface area contributed by atoms with Gasteiger partial charge in [-0.05, 0) is 45.1 Å². The highest BCUT2D eigenvalue weighted by Gasteiger charge is 2.21. The number of nitrogens with one attached hydrogen (secondary N) is 1. The number of amides is 1. The quantitative estimate of drug-likeness (QED) is 0.774. The predicted octanol–water partition coefficient (Wildman–Crippen LogP) is 3.85. The SMILES string of the molecule is CC1CCc2nc(NC(=O)c3cnc4c(cnn4C(C)C)c3)sc2C1. The van der Waals surface area contributed by atoms with Gasteiger partial charge in [-0.2, -0.15) is 5.10 Å². The Morgan fingerprint density at radius 1 is 1.40 bits per heavy atom. The van der Waals surface area contributed by atoms with Gasteiger partial charge < -0.3 is 0 Å². The molecule has 1 aliphatic rings. The lowest BCUT2D eigenvalue weighted by Crippen LogP contribution is -2.12. The number of hydrogen-bond donors (Lipinski definition) is 1. The number of rotatable bonds is 3. The number of carbonyl (C=O) groups is 1. The fourth-order valence-corrected chi connectivity index (χ4v) is 4.37. The maximum absolute atomic E-state index is 12.6. The number of fused-ring (bicyclic) bond motifs is 2. The van der Waals surface area contributed by atoms with Crippen LogP contribution in [0.15, 0.2) is 18.5 Å². The molecule has 1 unspecified atom stereocenters. The van der Waals surface area contributed by atoms with E-state index in [0.717, 1.165) is 29.6 Å². The van der Waals surface area contributed by atoms with Crippen LogP contribution in [0.1, 0.15) is 54.2 Å². The second-order valence-corrected chi connectivity index (χ2v) is 8.09. The largest absolute Gasteiger partial charge is 0.298 e. The van der Waals surface area contributed by atoms with Crippen molar-refractivity contribution in [1.29, 1.82) is 0 Å². The van der Waals surface area contributed by atoms with Gasteiger partial charge >= 0.3 is 0 Å². The van der Waals surface area contributed by atoms with E-state index < -0.39 is 0 Å². The number of aryl methyl sites for hydroxylation is 1. The van der Waals surface area contributed by atoms with E-state index in [9.17, 15) is 4.79 Å². The van der Waals surface area contributed by atoms with Crippen LogP contribution in [0.25, 0.3) is 11.0 Å². The van der Waals surface area contributed by atoms with E-state index >= 15 is 0 Å². The average molecular weight is 355 g/mol. The van der Waals surface area contributed by atoms with E-state index in [-0.39, 0.29) is 11.9 Å². The van der Waals surface area contributed by atoms with Crippen molar-refractivity contribution >= 4 is 33.4 Å². The Bertz CT molecular complexity index is 942. The van der Waals surface area contributed by atoms with Gasteiger partial charge in [0, 0.05) is 22.5 Å². The second-order valence-electron chi connectivity index (χ2n) is 7.01. The first-order valence-electron chi connectivity index (χ1n) is 8.64. The van der Waals surface area contributed by atoms with Crippen LogP contribution in [-0.2, 0) is 12.8 Å². The molecule has 130 valence electrons. The molecule has 1 amide bonds. The highest BCUT2D eigenvalue weighted by atomic mass is 32.1. The van der Waals surface area contributed by atoms with Crippen LogP contribution >= 0.6 is 11.3 Å². The minimum atomic E-state index is -0.175. The minimum absolute atomic E-state index is 0.175. The Morgan fingerprint density at radius 2 is 2.24 bits per heavy atom. The third kappa shape index (κ3) is 3.04. The summed E-state index contributed by atoms with van der Waals surface area (Å²) in [6.45, 7) is 6.37. The van der Waals surface area contributed by atoms with Gasteiger partial charge in [-0.15, -0.1) is 11.3 Å². The molecule has 1 N–H and O–H groups in total. The Morgan fingerprint density at radius 3 is 3.04 bits per heavy atom. The topological polar surface area (TPSA) is 72.7 Å². The number of hydrogen-bond acceptors (Lipinski definition) is 5. The Balaban J connectivity index is 1.56. The first kappa shape index (κ1) is 16.2. The molecule has 0 fully saturated rings. The van der Waals surface area contributed by atoms with E-state index in [4.69, 9.17) is 0 Å². The van der Waals surface area contributed by atoms with Crippen molar-refractivity contribution in [2.75, 3.05) is 5.32 Å². The maximum atomic E-state index is 12.6. The van der Waals surface area contributed by atoms with Crippen molar-refractivity contribution in [3.05, 3.63) is 34.6 Å². The third-order valence-corrected chi connectivity index (χ3v) is 5.63. The molecule has 0 spiro atoms. The number of thiazole rings is 1. The Labute approximate surface area is 150 Å². The van der Waals surface area contributed by atoms with Crippen LogP contribution in [0.5, 0.6) is 0 Å². The normalized spacial score (nSPS) is 17.0. The van der Waals surface area contributed by atoms with Crippen molar-refractivity contribution in [3.63, 3.8) is 0 Å². The van der Waals surface area contributed by atoms with Gasteiger partial charge in [0.25, 0.3) is 5.91 Å². The predicted molar refractivity (Wildman–Crippen MR) is 99.2 cm³/mol. The lowest BCUT2D eigenvalue weighted by molar-refractivity contribution is 0.102. The van der Waals surface area contributed by atoms with Crippen LogP contribution < -0.4 is 5.32 Å². The zero-order chi connectivity index (χ0) is 17.6. The number of aromatic nitrogens is 4. The van der Waals surface area contributed by atoms with Crippen molar-refractivity contribution in [2.24, 2.45) is 5.92 Å². The molecule has 0 aromatic carbocycles. The van der Waals surface area contributed by atoms with Crippen molar-refractivity contribution in [3.8, 4) is 0 Å². The molecule has 1 aliphatic carbocycles. The highest BCUT2D eigenvalue weighted by Crippen LogP contribution is 2.32. The molecule has 25 heavy (non-hydrogen) atoms. The summed E-state index contributed by atoms with van der Waals surface area (Å²) in [5, 5.41) is 8.82. The van der Waals surface area contributed by atoms with Crippen LogP contribution in [-0.4, -0.2) is 25.7 Å². The lowest BCUT2D eigenvalue weighted by atomic mass is 9.93. The number of anilines is 1. The molecule has 0 bridgehead atoms. The molecule has 0 saturated carbocycles. The summed E-state index contributed by atoms with van der Waals surface area (Å²) in [5.41, 5.74) is 2.47. The van der Waals surface area contributed by atoms with Crippen LogP contribution in [0, 0.1) is 5.92 Å². The molecule has 3 aromatic rings. The van der Waals surface area contributed by atoms with E-state index in [1.54, 1.807) is 23.7 Å². The minimum Gasteiger partial charge on any atom is -0.298 e. The van der Waals surface area contributed by atoms with Gasteiger partial charge in [-0.1, -0.05) is 6.92 Å². The molecular formula is C18H21N5OS. The number of nitrogens with zero attached hydrogens (tertiary/aromatic N) is 4. The van der Waals surface area contributed by atoms with Crippen molar-refractivity contribution in [1.82, 2.24) is 19.7 Å². The van der Waals surface area contributed by atoms with E-state index in [1.165, 1.54) is 11.3 Å². The van der Waals surface area contributed by atoms with Crippen molar-refractivity contribution in [2.45, 2.75) is 46.1 Å². The van der Waals surface area contributed by atoms with Crippen LogP contribution in [0.2, 0.25) is 0 Å². The van der Waals surface area contributed by atoms with Crippen molar-refractivity contribution < 1.29 is 4.79 Å². The Kier molecular flexibility index (Phi) is 4.03. The fourth-order valence-electron chi connectivity index (χ4n) is 3.20. The summed E-state index contributed by atoms with van der Waals surface area (Å²) in [6, 6.07) is 2.06. The monoisotopic (exact) mass is 355 g/mol. The molecule has 0 aliphatic heterocycles. The number of pyridine rings is 1. The summed E-state index contributed by atoms with van der Waals surface area (Å²) in [6.07, 6.45) is 6.59. The molecule has 1 atom stereocenters. The highest BCUT2D eigenvalue weighted by molar-refractivity contribution is 7.15. The Hall–Kier alpha value is -2.28. The smallest absolute Gasteiger partial charge is 0.259 e. The standard InChI is InChI=1S/C18H21N5OS/c1-10(2)23-16-12(9-20-23)7-13(8-19-16)17(24)22-18-21-14-5-4-11(3)6-15(14)25-18/h7-11H,4-6H2,1-3H3,(H,21,22,24). The zero-order valence-electron chi connectivity index (χ0n) is 14.6. The van der Waals surface area contributed by atoms with Gasteiger partial charge in [-0.25, -0.2) is 14.6 Å². The molecule has 3 aromatic heterocycles. The fraction of sp³-hybridized carbons (Fsp3) is 0.444. The van der Waals surface area contributed by atoms with E-state index in [1.807, 2.05) is 10.7 Å². The lowest BCUT2D eigenvalue weighted by Gasteiger charge is -2.15. The summed E-state index contributed by atoms with van der Waals surface area (Å²) < 4.78 is 1.85. The van der Waals surface area contributed by atoms with Gasteiger partial charge in [0.2, 0.25) is 0 Å². The summed E-state index contributed by atoms with van der Waals surface area (Å²) in [7, 11) is 0. The first-order valence-corrected chi connectivity index (χ1v) is 9.46. The maximum Gasteiger partial charge on any atom is 0.259 e. The van der Waals surface area contributed by atoms with E-state index in [2.05, 4.69) is 41.2 Å². The molecular weight excluding hydrogens is 334 g/mol. The third-order valence-electron chi connectivity index (χ3n) is 4.59. The molecule has 0 saturated heterocycles. The van der Waals surface area contributed by atoms with Crippen LogP contribution in [0.4, 0.5) is 5.13 Å². The average Bonchev–Trinajstić information content (AvgIpc) is 3.16. The second kappa shape index (κ2) is 6.22. The molecule has 6 nitrogen and oxygen atoms in total. The first-order chi connectivity index (χ1) is 12.0. The molecule has 4 rings (SSSR count). The van der Waals surface area contributed by atoms with Gasteiger partial charge in [0.15, 0.2) is 10.8 Å². The van der Waals surface area contributed by atoms with Crippen LogP contribution in [0.3, 0.4) is 0 Å². The number of carbonyl (C=O) groups excluding carboxylic acids is 1. The van der Waals surface area contributed by atoms with Gasteiger partial charge in [0.1, 0.15) is 0 Å².